The van der Waals surface area contributed by atoms with Crippen LogP contribution in [0.4, 0.5) is 0 Å². The zero-order chi connectivity index (χ0) is 12.6. The molecule has 0 radical (unpaired) electrons. The minimum Gasteiger partial charge on any atom is -0.349 e. The topological polar surface area (TPSA) is 44.0 Å². The number of imidazole rings is 1. The predicted molar refractivity (Wildman–Crippen MR) is 74.7 cm³/mol. The van der Waals surface area contributed by atoms with Gasteiger partial charge in [-0.1, -0.05) is 12.8 Å². The fourth-order valence-electron chi connectivity index (χ4n) is 2.64. The summed E-state index contributed by atoms with van der Waals surface area (Å²) >= 11 is 0. The van der Waals surface area contributed by atoms with Crippen molar-refractivity contribution in [2.24, 2.45) is 0 Å². The van der Waals surface area contributed by atoms with Crippen LogP contribution in [0.3, 0.4) is 0 Å². The van der Waals surface area contributed by atoms with Gasteiger partial charge in [0.2, 0.25) is 0 Å². The third-order valence-electron chi connectivity index (χ3n) is 3.64. The van der Waals surface area contributed by atoms with Crippen LogP contribution in [-0.4, -0.2) is 47.1 Å². The zero-order valence-electron chi connectivity index (χ0n) is 11.5. The Kier molecular flexibility index (Phi) is 5.68. The molecule has 102 valence electrons. The van der Waals surface area contributed by atoms with Crippen molar-refractivity contribution in [3.8, 4) is 0 Å². The molecule has 0 aromatic carbocycles. The van der Waals surface area contributed by atoms with Gasteiger partial charge < -0.3 is 15.2 Å². The summed E-state index contributed by atoms with van der Waals surface area (Å²) in [7, 11) is 0. The molecule has 1 aromatic heterocycles. The minimum absolute atomic E-state index is 0.568. The van der Waals surface area contributed by atoms with Crippen LogP contribution in [0.5, 0.6) is 0 Å². The Morgan fingerprint density at radius 3 is 2.78 bits per heavy atom. The molecule has 0 saturated carbocycles. The molecule has 2 heterocycles. The molecule has 0 unspecified atom stereocenters. The number of aromatic nitrogens is 2. The van der Waals surface area contributed by atoms with E-state index in [-0.39, 0.29) is 0 Å². The Hall–Kier alpha value is -0.870. The zero-order valence-corrected chi connectivity index (χ0v) is 11.5. The lowest BCUT2D eigenvalue weighted by Gasteiger charge is -2.24. The summed E-state index contributed by atoms with van der Waals surface area (Å²) in [6.07, 6.45) is 10.3. The van der Waals surface area contributed by atoms with Crippen LogP contribution in [0.2, 0.25) is 0 Å². The predicted octanol–water partition coefficient (Wildman–Crippen LogP) is 1.81. The molecule has 2 rings (SSSR count). The van der Waals surface area contributed by atoms with E-state index < -0.39 is 0 Å². The molecule has 0 spiro atoms. The van der Waals surface area contributed by atoms with Crippen molar-refractivity contribution < 1.29 is 0 Å². The van der Waals surface area contributed by atoms with Crippen molar-refractivity contribution in [2.45, 2.75) is 45.1 Å². The minimum atomic E-state index is 0.568. The third-order valence-corrected chi connectivity index (χ3v) is 3.64. The van der Waals surface area contributed by atoms with Gasteiger partial charge in [-0.05, 0) is 32.9 Å². The van der Waals surface area contributed by atoms with E-state index >= 15 is 0 Å². The number of H-pyrrole nitrogens is 1. The van der Waals surface area contributed by atoms with E-state index in [2.05, 4.69) is 27.1 Å². The number of nitrogens with zero attached hydrogens (tertiary/aromatic N) is 2. The summed E-state index contributed by atoms with van der Waals surface area (Å²) < 4.78 is 0. The highest BCUT2D eigenvalue weighted by Crippen LogP contribution is 2.09. The summed E-state index contributed by atoms with van der Waals surface area (Å²) in [6.45, 7) is 7.03. The average Bonchev–Trinajstić information content (AvgIpc) is 2.74. The highest BCUT2D eigenvalue weighted by atomic mass is 15.1. The van der Waals surface area contributed by atoms with Gasteiger partial charge in [0.05, 0.1) is 0 Å². The van der Waals surface area contributed by atoms with Crippen LogP contribution in [0.1, 0.15) is 38.4 Å². The number of hydrogen-bond donors (Lipinski definition) is 2. The molecule has 1 aromatic rings. The summed E-state index contributed by atoms with van der Waals surface area (Å²) in [5.74, 6) is 1.07. The van der Waals surface area contributed by atoms with Crippen molar-refractivity contribution in [1.29, 1.82) is 0 Å². The fraction of sp³-hybridized carbons (Fsp3) is 0.786. The summed E-state index contributed by atoms with van der Waals surface area (Å²) in [5.41, 5.74) is 0. The van der Waals surface area contributed by atoms with Crippen LogP contribution in [0, 0.1) is 0 Å². The van der Waals surface area contributed by atoms with Crippen LogP contribution in [0.25, 0.3) is 0 Å². The normalized spacial score (nSPS) is 19.6. The van der Waals surface area contributed by atoms with Crippen molar-refractivity contribution in [3.05, 3.63) is 18.2 Å². The van der Waals surface area contributed by atoms with E-state index in [9.17, 15) is 0 Å². The molecule has 1 aliphatic rings. The molecular formula is C14H26N4. The van der Waals surface area contributed by atoms with Gasteiger partial charge >= 0.3 is 0 Å². The molecule has 4 heteroatoms. The second-order valence-electron chi connectivity index (χ2n) is 5.36. The molecule has 0 aliphatic carbocycles. The lowest BCUT2D eigenvalue weighted by atomic mass is 10.2. The Morgan fingerprint density at radius 2 is 2.11 bits per heavy atom. The van der Waals surface area contributed by atoms with E-state index in [4.69, 9.17) is 0 Å². The first-order valence-corrected chi connectivity index (χ1v) is 7.28. The standard InChI is InChI=1S/C14H26N4/c1-13(12-18-10-4-2-3-5-11-18)15-7-6-14-16-8-9-17-14/h8-9,13,15H,2-7,10-12H2,1H3,(H,16,17)/t13-/m1/s1. The van der Waals surface area contributed by atoms with E-state index in [0.29, 0.717) is 6.04 Å². The number of likely N-dealkylation sites (tertiary alicyclic amines) is 1. The van der Waals surface area contributed by atoms with Gasteiger partial charge in [0.15, 0.2) is 0 Å². The molecule has 1 fully saturated rings. The number of hydrogen-bond acceptors (Lipinski definition) is 3. The number of aromatic amines is 1. The Labute approximate surface area is 110 Å². The Morgan fingerprint density at radius 1 is 1.33 bits per heavy atom. The SMILES string of the molecule is C[C@H](CN1CCCCCC1)NCCc1ncc[nH]1. The molecular weight excluding hydrogens is 224 g/mol. The first-order valence-electron chi connectivity index (χ1n) is 7.28. The van der Waals surface area contributed by atoms with Gasteiger partial charge in [0.1, 0.15) is 5.82 Å². The monoisotopic (exact) mass is 250 g/mol. The maximum atomic E-state index is 4.24. The van der Waals surface area contributed by atoms with Gasteiger partial charge in [-0.25, -0.2) is 4.98 Å². The van der Waals surface area contributed by atoms with Crippen LogP contribution in [0.15, 0.2) is 12.4 Å². The second kappa shape index (κ2) is 7.54. The summed E-state index contributed by atoms with van der Waals surface area (Å²) in [6, 6.07) is 0.568. The smallest absolute Gasteiger partial charge is 0.107 e. The van der Waals surface area contributed by atoms with Crippen LogP contribution < -0.4 is 5.32 Å². The second-order valence-corrected chi connectivity index (χ2v) is 5.36. The Bertz CT molecular complexity index is 302. The quantitative estimate of drug-likeness (QED) is 0.809. The molecule has 2 N–H and O–H groups in total. The first kappa shape index (κ1) is 13.6. The van der Waals surface area contributed by atoms with Gasteiger partial charge in [-0.15, -0.1) is 0 Å². The highest BCUT2D eigenvalue weighted by molar-refractivity contribution is 4.87. The molecule has 1 saturated heterocycles. The van der Waals surface area contributed by atoms with E-state index in [0.717, 1.165) is 18.8 Å². The van der Waals surface area contributed by atoms with Crippen molar-refractivity contribution >= 4 is 0 Å². The molecule has 18 heavy (non-hydrogen) atoms. The Balaban J connectivity index is 1.60. The highest BCUT2D eigenvalue weighted by Gasteiger charge is 2.11. The van der Waals surface area contributed by atoms with Crippen molar-refractivity contribution in [3.63, 3.8) is 0 Å². The molecule has 4 nitrogen and oxygen atoms in total. The van der Waals surface area contributed by atoms with E-state index in [1.54, 1.807) is 0 Å². The van der Waals surface area contributed by atoms with Crippen molar-refractivity contribution in [2.75, 3.05) is 26.2 Å². The molecule has 1 atom stereocenters. The summed E-state index contributed by atoms with van der Waals surface area (Å²) in [4.78, 5) is 9.98. The van der Waals surface area contributed by atoms with Gasteiger partial charge in [0.25, 0.3) is 0 Å². The first-order chi connectivity index (χ1) is 8.84. The van der Waals surface area contributed by atoms with Gasteiger partial charge in [-0.3, -0.25) is 0 Å². The fourth-order valence-corrected chi connectivity index (χ4v) is 2.64. The maximum Gasteiger partial charge on any atom is 0.107 e. The van der Waals surface area contributed by atoms with Gasteiger partial charge in [-0.2, -0.15) is 0 Å². The molecule has 1 aliphatic heterocycles. The maximum absolute atomic E-state index is 4.24. The number of rotatable bonds is 6. The molecule has 0 amide bonds. The van der Waals surface area contributed by atoms with E-state index in [1.165, 1.54) is 45.3 Å². The van der Waals surface area contributed by atoms with Crippen molar-refractivity contribution in [1.82, 2.24) is 20.2 Å². The lowest BCUT2D eigenvalue weighted by molar-refractivity contribution is 0.256. The van der Waals surface area contributed by atoms with Crippen LogP contribution in [-0.2, 0) is 6.42 Å². The largest absolute Gasteiger partial charge is 0.349 e. The number of nitrogens with one attached hydrogen (secondary N) is 2. The summed E-state index contributed by atoms with van der Waals surface area (Å²) in [5, 5.41) is 3.59. The molecule has 0 bridgehead atoms. The van der Waals surface area contributed by atoms with Gasteiger partial charge in [0, 0.05) is 37.9 Å². The van der Waals surface area contributed by atoms with E-state index in [1.807, 2.05) is 12.4 Å². The average molecular weight is 250 g/mol. The lowest BCUT2D eigenvalue weighted by Crippen LogP contribution is -2.40. The van der Waals surface area contributed by atoms with Crippen LogP contribution >= 0.6 is 0 Å². The third kappa shape index (κ3) is 4.78.